The van der Waals surface area contributed by atoms with Crippen molar-refractivity contribution >= 4 is 17.5 Å². The van der Waals surface area contributed by atoms with Crippen LogP contribution in [0.5, 0.6) is 0 Å². The lowest BCUT2D eigenvalue weighted by Crippen LogP contribution is -2.19. The highest BCUT2D eigenvalue weighted by atomic mass is 19.4. The number of anilines is 3. The van der Waals surface area contributed by atoms with Gasteiger partial charge in [-0.3, -0.25) is 0 Å². The summed E-state index contributed by atoms with van der Waals surface area (Å²) < 4.78 is 39.6. The number of halogens is 3. The van der Waals surface area contributed by atoms with Crippen LogP contribution in [0.15, 0.2) is 60.7 Å². The first-order valence-electron chi connectivity index (χ1n) is 8.37. The summed E-state index contributed by atoms with van der Waals surface area (Å²) >= 11 is 0. The highest BCUT2D eigenvalue weighted by molar-refractivity contribution is 5.60. The van der Waals surface area contributed by atoms with Gasteiger partial charge in [0, 0.05) is 25.4 Å². The Hall–Kier alpha value is -3.09. The molecule has 0 aliphatic rings. The van der Waals surface area contributed by atoms with Gasteiger partial charge in [-0.1, -0.05) is 42.5 Å². The molecule has 4 nitrogen and oxygen atoms in total. The standard InChI is InChI=1S/C20H19F3N4/c1-14-12-18(27(2)13-15-8-4-3-5-9-15)26-19(24-14)25-17-11-7-6-10-16(17)20(21,22)23/h3-12H,13H2,1-2H3,(H,24,25,26). The Bertz CT molecular complexity index is 911. The topological polar surface area (TPSA) is 41.1 Å². The number of nitrogens with zero attached hydrogens (tertiary/aromatic N) is 3. The van der Waals surface area contributed by atoms with Gasteiger partial charge in [-0.05, 0) is 24.6 Å². The summed E-state index contributed by atoms with van der Waals surface area (Å²) in [5.41, 5.74) is 0.932. The molecule has 0 bridgehead atoms. The first-order valence-corrected chi connectivity index (χ1v) is 8.37. The maximum absolute atomic E-state index is 13.2. The van der Waals surface area contributed by atoms with Gasteiger partial charge < -0.3 is 10.2 Å². The second-order valence-electron chi connectivity index (χ2n) is 6.20. The van der Waals surface area contributed by atoms with Crippen molar-refractivity contribution in [2.24, 2.45) is 0 Å². The van der Waals surface area contributed by atoms with Crippen molar-refractivity contribution < 1.29 is 13.2 Å². The Labute approximate surface area is 155 Å². The van der Waals surface area contributed by atoms with E-state index < -0.39 is 11.7 Å². The maximum Gasteiger partial charge on any atom is 0.418 e. The summed E-state index contributed by atoms with van der Waals surface area (Å²) in [4.78, 5) is 10.5. The van der Waals surface area contributed by atoms with E-state index in [4.69, 9.17) is 0 Å². The molecule has 2 aromatic carbocycles. The lowest BCUT2D eigenvalue weighted by atomic mass is 10.1. The summed E-state index contributed by atoms with van der Waals surface area (Å²) in [6.07, 6.45) is -4.46. The summed E-state index contributed by atoms with van der Waals surface area (Å²) in [7, 11) is 1.88. The number of hydrogen-bond acceptors (Lipinski definition) is 4. The molecule has 0 aliphatic carbocycles. The summed E-state index contributed by atoms with van der Waals surface area (Å²) in [5.74, 6) is 0.750. The molecule has 140 valence electrons. The number of nitrogens with one attached hydrogen (secondary N) is 1. The zero-order valence-corrected chi connectivity index (χ0v) is 15.0. The Balaban J connectivity index is 1.86. The normalized spacial score (nSPS) is 11.3. The molecule has 0 amide bonds. The zero-order valence-electron chi connectivity index (χ0n) is 15.0. The molecule has 0 spiro atoms. The zero-order chi connectivity index (χ0) is 19.4. The van der Waals surface area contributed by atoms with Gasteiger partial charge >= 0.3 is 6.18 Å². The first-order chi connectivity index (χ1) is 12.8. The fourth-order valence-electron chi connectivity index (χ4n) is 2.70. The van der Waals surface area contributed by atoms with Gasteiger partial charge in [-0.2, -0.15) is 18.2 Å². The van der Waals surface area contributed by atoms with Gasteiger partial charge in [0.05, 0.1) is 11.3 Å². The molecule has 3 rings (SSSR count). The van der Waals surface area contributed by atoms with E-state index >= 15 is 0 Å². The second-order valence-corrected chi connectivity index (χ2v) is 6.20. The quantitative estimate of drug-likeness (QED) is 0.670. The minimum absolute atomic E-state index is 0.0766. The average Bonchev–Trinajstić information content (AvgIpc) is 2.61. The molecule has 0 fully saturated rings. The molecule has 0 saturated heterocycles. The number of rotatable bonds is 5. The predicted molar refractivity (Wildman–Crippen MR) is 100 cm³/mol. The molecular weight excluding hydrogens is 353 g/mol. The Morgan fingerprint density at radius 3 is 2.33 bits per heavy atom. The number of aryl methyl sites for hydroxylation is 1. The van der Waals surface area contributed by atoms with Gasteiger partial charge in [0.15, 0.2) is 0 Å². The summed E-state index contributed by atoms with van der Waals surface area (Å²) in [5, 5.41) is 2.71. The van der Waals surface area contributed by atoms with Crippen LogP contribution >= 0.6 is 0 Å². The van der Waals surface area contributed by atoms with Crippen molar-refractivity contribution in [3.63, 3.8) is 0 Å². The molecule has 3 aromatic rings. The highest BCUT2D eigenvalue weighted by Gasteiger charge is 2.33. The maximum atomic E-state index is 13.2. The van der Waals surface area contributed by atoms with Crippen LogP contribution in [0.3, 0.4) is 0 Å². The largest absolute Gasteiger partial charge is 0.418 e. The van der Waals surface area contributed by atoms with Gasteiger partial charge in [-0.25, -0.2) is 4.98 Å². The Kier molecular flexibility index (Phi) is 5.30. The number of para-hydroxylation sites is 1. The monoisotopic (exact) mass is 372 g/mol. The minimum Gasteiger partial charge on any atom is -0.355 e. The van der Waals surface area contributed by atoms with E-state index in [9.17, 15) is 13.2 Å². The smallest absolute Gasteiger partial charge is 0.355 e. The van der Waals surface area contributed by atoms with E-state index in [-0.39, 0.29) is 11.6 Å². The van der Waals surface area contributed by atoms with E-state index in [1.54, 1.807) is 13.0 Å². The molecule has 1 N–H and O–H groups in total. The lowest BCUT2D eigenvalue weighted by molar-refractivity contribution is -0.136. The van der Waals surface area contributed by atoms with Crippen molar-refractivity contribution in [1.82, 2.24) is 9.97 Å². The van der Waals surface area contributed by atoms with Crippen LogP contribution in [0.25, 0.3) is 0 Å². The van der Waals surface area contributed by atoms with Crippen LogP contribution in [0, 0.1) is 6.92 Å². The number of aromatic nitrogens is 2. The lowest BCUT2D eigenvalue weighted by Gasteiger charge is -2.20. The van der Waals surface area contributed by atoms with Crippen LogP contribution in [-0.2, 0) is 12.7 Å². The second kappa shape index (κ2) is 7.65. The molecule has 0 radical (unpaired) electrons. The van der Waals surface area contributed by atoms with E-state index in [1.807, 2.05) is 42.3 Å². The molecule has 0 atom stereocenters. The SMILES string of the molecule is Cc1cc(N(C)Cc2ccccc2)nc(Nc2ccccc2C(F)(F)F)n1. The first kappa shape index (κ1) is 18.7. The van der Waals surface area contributed by atoms with Crippen LogP contribution in [0.4, 0.5) is 30.6 Å². The molecule has 1 aromatic heterocycles. The van der Waals surface area contributed by atoms with Crippen LogP contribution in [0.1, 0.15) is 16.8 Å². The van der Waals surface area contributed by atoms with Crippen molar-refractivity contribution in [3.05, 3.63) is 77.5 Å². The Morgan fingerprint density at radius 2 is 1.63 bits per heavy atom. The third-order valence-electron chi connectivity index (χ3n) is 3.97. The Morgan fingerprint density at radius 1 is 0.963 bits per heavy atom. The number of benzene rings is 2. The minimum atomic E-state index is -4.46. The molecule has 7 heteroatoms. The fraction of sp³-hybridized carbons (Fsp3) is 0.200. The summed E-state index contributed by atoms with van der Waals surface area (Å²) in [6.45, 7) is 2.40. The third-order valence-corrected chi connectivity index (χ3v) is 3.97. The van der Waals surface area contributed by atoms with Gasteiger partial charge in [0.1, 0.15) is 5.82 Å². The summed E-state index contributed by atoms with van der Waals surface area (Å²) in [6, 6.07) is 16.9. The molecule has 27 heavy (non-hydrogen) atoms. The van der Waals surface area contributed by atoms with Crippen LogP contribution in [0.2, 0.25) is 0 Å². The van der Waals surface area contributed by atoms with Crippen molar-refractivity contribution in [3.8, 4) is 0 Å². The van der Waals surface area contributed by atoms with E-state index in [1.165, 1.54) is 18.2 Å². The molecule has 0 unspecified atom stereocenters. The van der Waals surface area contributed by atoms with Crippen molar-refractivity contribution in [2.45, 2.75) is 19.6 Å². The van der Waals surface area contributed by atoms with Gasteiger partial charge in [-0.15, -0.1) is 0 Å². The average molecular weight is 372 g/mol. The van der Waals surface area contributed by atoms with Crippen LogP contribution in [-0.4, -0.2) is 17.0 Å². The number of alkyl halides is 3. The molecule has 0 saturated carbocycles. The highest BCUT2D eigenvalue weighted by Crippen LogP contribution is 2.35. The molecular formula is C20H19F3N4. The molecule has 0 aliphatic heterocycles. The van der Waals surface area contributed by atoms with E-state index in [0.717, 1.165) is 11.6 Å². The van der Waals surface area contributed by atoms with E-state index in [0.29, 0.717) is 18.1 Å². The van der Waals surface area contributed by atoms with Gasteiger partial charge in [0.2, 0.25) is 5.95 Å². The fourth-order valence-corrected chi connectivity index (χ4v) is 2.70. The third kappa shape index (κ3) is 4.75. The van der Waals surface area contributed by atoms with Gasteiger partial charge in [0.25, 0.3) is 0 Å². The van der Waals surface area contributed by atoms with E-state index in [2.05, 4.69) is 15.3 Å². The van der Waals surface area contributed by atoms with Crippen molar-refractivity contribution in [2.75, 3.05) is 17.3 Å². The predicted octanol–water partition coefficient (Wildman–Crippen LogP) is 5.18. The van der Waals surface area contributed by atoms with Crippen molar-refractivity contribution in [1.29, 1.82) is 0 Å². The van der Waals surface area contributed by atoms with Crippen LogP contribution < -0.4 is 10.2 Å². The molecule has 1 heterocycles. The number of hydrogen-bond donors (Lipinski definition) is 1.